The van der Waals surface area contributed by atoms with Gasteiger partial charge in [-0.3, -0.25) is 14.5 Å². The summed E-state index contributed by atoms with van der Waals surface area (Å²) in [5.74, 6) is -2.66. The van der Waals surface area contributed by atoms with Gasteiger partial charge in [0.05, 0.1) is 6.61 Å². The molecule has 0 unspecified atom stereocenters. The van der Waals surface area contributed by atoms with Crippen molar-refractivity contribution in [3.05, 3.63) is 40.7 Å². The number of nitrogens with one attached hydrogen (secondary N) is 1. The number of thiazole rings is 1. The van der Waals surface area contributed by atoms with Gasteiger partial charge in [-0.15, -0.1) is 11.8 Å². The number of fused-ring (bicyclic) bond motifs is 2. The van der Waals surface area contributed by atoms with Crippen LogP contribution in [0, 0.1) is 0 Å². The molecule has 0 bridgehead atoms. The van der Waals surface area contributed by atoms with Crippen molar-refractivity contribution in [2.75, 3.05) is 25.0 Å². The first-order chi connectivity index (χ1) is 18.3. The number of aliphatic hydroxyl groups excluding tert-OH is 1. The van der Waals surface area contributed by atoms with Crippen molar-refractivity contribution >= 4 is 68.1 Å². The summed E-state index contributed by atoms with van der Waals surface area (Å²) in [6.45, 7) is -1.06. The minimum Gasteiger partial charge on any atom is -0.477 e. The van der Waals surface area contributed by atoms with Gasteiger partial charge in [0, 0.05) is 34.7 Å². The first-order valence-electron chi connectivity index (χ1n) is 11.0. The number of rotatable bonds is 10. The Morgan fingerprint density at radius 2 is 2.24 bits per heavy atom. The first-order valence-corrected chi connectivity index (χ1v) is 13.7. The summed E-state index contributed by atoms with van der Waals surface area (Å²) in [4.78, 5) is 48.3. The second kappa shape index (κ2) is 10.6. The lowest BCUT2D eigenvalue weighted by Gasteiger charge is -2.49. The number of alkyl halides is 1. The number of amides is 2. The van der Waals surface area contributed by atoms with E-state index in [9.17, 15) is 29.0 Å². The summed E-state index contributed by atoms with van der Waals surface area (Å²) < 4.78 is 20.1. The average molecular weight is 584 g/mol. The number of nitrogen functional groups attached to an aromatic ring is 1. The fourth-order valence-corrected chi connectivity index (χ4v) is 6.88. The highest BCUT2D eigenvalue weighted by Crippen LogP contribution is 2.40. The highest BCUT2D eigenvalue weighted by atomic mass is 32.2. The molecule has 3 aromatic rings. The minimum absolute atomic E-state index is 0.00962. The van der Waals surface area contributed by atoms with Crippen LogP contribution in [0.2, 0.25) is 0 Å². The highest BCUT2D eigenvalue weighted by Gasteiger charge is 2.54. The summed E-state index contributed by atoms with van der Waals surface area (Å²) in [7, 11) is 0. The quantitative estimate of drug-likeness (QED) is 0.103. The van der Waals surface area contributed by atoms with E-state index in [1.165, 1.54) is 23.1 Å². The van der Waals surface area contributed by atoms with Gasteiger partial charge in [0.25, 0.3) is 18.7 Å². The topological polar surface area (TPSA) is 189 Å². The van der Waals surface area contributed by atoms with Crippen molar-refractivity contribution in [1.29, 1.82) is 0 Å². The van der Waals surface area contributed by atoms with Crippen LogP contribution in [0.15, 0.2) is 34.3 Å². The minimum atomic E-state index is -1.30. The monoisotopic (exact) mass is 583 g/mol. The molecule has 2 amide bonds. The molecule has 2 aliphatic rings. The van der Waals surface area contributed by atoms with Crippen molar-refractivity contribution in [3.8, 4) is 0 Å². The van der Waals surface area contributed by atoms with Crippen LogP contribution >= 0.6 is 34.6 Å². The van der Waals surface area contributed by atoms with Crippen LogP contribution in [0.25, 0.3) is 4.83 Å². The molecule has 0 saturated carbocycles. The Labute approximate surface area is 225 Å². The van der Waals surface area contributed by atoms with E-state index in [2.05, 4.69) is 24.7 Å². The van der Waals surface area contributed by atoms with E-state index in [4.69, 9.17) is 5.73 Å². The van der Waals surface area contributed by atoms with Crippen molar-refractivity contribution in [2.24, 2.45) is 5.16 Å². The lowest BCUT2D eigenvalue weighted by Crippen LogP contribution is -2.71. The molecule has 18 heteroatoms. The molecule has 0 radical (unpaired) electrons. The third-order valence-electron chi connectivity index (χ3n) is 5.75. The molecule has 0 aliphatic carbocycles. The maximum atomic E-state index is 13.0. The molecule has 0 spiro atoms. The van der Waals surface area contributed by atoms with E-state index in [1.807, 2.05) is 26.9 Å². The summed E-state index contributed by atoms with van der Waals surface area (Å²) in [5.41, 5.74) is 6.41. The summed E-state index contributed by atoms with van der Waals surface area (Å²) in [6.07, 6.45) is 4.18. The van der Waals surface area contributed by atoms with Crippen molar-refractivity contribution in [1.82, 2.24) is 24.0 Å². The molecule has 5 N–H and O–H groups in total. The van der Waals surface area contributed by atoms with Crippen molar-refractivity contribution in [2.45, 2.75) is 24.4 Å². The van der Waals surface area contributed by atoms with Crippen LogP contribution in [-0.4, -0.2) is 83.0 Å². The zero-order valence-electron chi connectivity index (χ0n) is 19.3. The van der Waals surface area contributed by atoms with E-state index in [0.29, 0.717) is 17.7 Å². The molecule has 38 heavy (non-hydrogen) atoms. The van der Waals surface area contributed by atoms with Crippen molar-refractivity contribution in [3.63, 3.8) is 0 Å². The van der Waals surface area contributed by atoms with E-state index >= 15 is 0 Å². The number of nitrogens with zero attached hydrogens (tertiary/aromatic N) is 6. The Bertz CT molecular complexity index is 1480. The number of carboxylic acids is 1. The van der Waals surface area contributed by atoms with Gasteiger partial charge >= 0.3 is 5.97 Å². The number of carbonyl (C=O) groups excluding carboxylic acids is 2. The second-order valence-electron chi connectivity index (χ2n) is 8.08. The number of aliphatic hydroxyl groups is 1. The lowest BCUT2D eigenvalue weighted by molar-refractivity contribution is -0.687. The number of hydrogen-bond acceptors (Lipinski definition) is 12. The number of anilines is 1. The zero-order chi connectivity index (χ0) is 27.0. The molecule has 5 rings (SSSR count). The normalized spacial score (nSPS) is 19.5. The van der Waals surface area contributed by atoms with Crippen LogP contribution in [0.4, 0.5) is 9.52 Å². The van der Waals surface area contributed by atoms with Crippen LogP contribution in [0.5, 0.6) is 0 Å². The number of halogens is 1. The Balaban J connectivity index is 1.34. The van der Waals surface area contributed by atoms with Gasteiger partial charge in [-0.05, 0) is 0 Å². The van der Waals surface area contributed by atoms with Crippen LogP contribution in [0.1, 0.15) is 11.5 Å². The number of β-lactam (4-membered cyclic amide) rings is 1. The first kappa shape index (κ1) is 26.0. The molecule has 2 atom stereocenters. The van der Waals surface area contributed by atoms with Gasteiger partial charge in [-0.25, -0.2) is 13.8 Å². The SMILES string of the molecule is Nc1nc(/C(=N/OCF)C(=O)N[C@@H]2C(=O)N3C(C(=O)O)=C(C[n+]4cc5scc(CCO)n5c4)CS[C@H]23)ns1. The molecule has 1 saturated heterocycles. The number of thioether (sulfide) groups is 1. The van der Waals surface area contributed by atoms with Gasteiger partial charge in [-0.2, -0.15) is 13.8 Å². The largest absolute Gasteiger partial charge is 0.477 e. The highest BCUT2D eigenvalue weighted by molar-refractivity contribution is 8.00. The van der Waals surface area contributed by atoms with Crippen LogP contribution < -0.4 is 15.6 Å². The standard InChI is InChI=1S/C20H19FN8O6S3/c21-7-35-25-12(15-24-20(22)38-26-15)16(31)23-13-17(32)29-14(19(33)34)9(5-37-18(13)29)3-27-4-11-28(8-27)10(1-2-30)6-36-11/h4,6,8,13,18,30H,1-3,5,7H2,(H3-,22,23,24,26,31,33,34)/p+1/b25-12-/t13-,18-/m1/s1. The number of imidazole rings is 1. The maximum Gasteiger partial charge on any atom is 0.352 e. The molecule has 3 aromatic heterocycles. The van der Waals surface area contributed by atoms with Gasteiger partial charge in [0.1, 0.15) is 35.5 Å². The van der Waals surface area contributed by atoms with Crippen molar-refractivity contribution < 1.29 is 38.4 Å². The number of oxime groups is 1. The fraction of sp³-hybridized carbons (Fsp3) is 0.350. The molecule has 5 heterocycles. The zero-order valence-corrected chi connectivity index (χ0v) is 21.8. The third-order valence-corrected chi connectivity index (χ3v) is 8.57. The molecule has 2 aliphatic heterocycles. The van der Waals surface area contributed by atoms with Gasteiger partial charge in [0.15, 0.2) is 5.13 Å². The Hall–Kier alpha value is -3.61. The summed E-state index contributed by atoms with van der Waals surface area (Å²) in [6, 6.07) is -1.05. The van der Waals surface area contributed by atoms with E-state index in [1.54, 1.807) is 0 Å². The molecule has 1 fully saturated rings. The predicted molar refractivity (Wildman–Crippen MR) is 134 cm³/mol. The Morgan fingerprint density at radius 3 is 2.92 bits per heavy atom. The molecular weight excluding hydrogens is 563 g/mol. The average Bonchev–Trinajstić information content (AvgIpc) is 3.59. The van der Waals surface area contributed by atoms with Gasteiger partial charge < -0.3 is 26.1 Å². The van der Waals surface area contributed by atoms with E-state index < -0.39 is 41.8 Å². The molecule has 0 aromatic carbocycles. The van der Waals surface area contributed by atoms with Crippen LogP contribution in [0.3, 0.4) is 0 Å². The number of carbonyl (C=O) groups is 3. The number of hydrogen-bond donors (Lipinski definition) is 4. The smallest absolute Gasteiger partial charge is 0.352 e. The second-order valence-corrected chi connectivity index (χ2v) is 10.9. The summed E-state index contributed by atoms with van der Waals surface area (Å²) in [5, 5.41) is 26.4. The Kier molecular flexibility index (Phi) is 7.28. The number of carboxylic acid groups (broad SMARTS) is 1. The molecule has 14 nitrogen and oxygen atoms in total. The van der Waals surface area contributed by atoms with E-state index in [-0.39, 0.29) is 29.8 Å². The van der Waals surface area contributed by atoms with Crippen LogP contribution in [-0.2, 0) is 32.2 Å². The predicted octanol–water partition coefficient (Wildman–Crippen LogP) is -0.657. The number of nitrogens with two attached hydrogens (primary N) is 1. The van der Waals surface area contributed by atoms with Gasteiger partial charge in [-0.1, -0.05) is 16.5 Å². The van der Waals surface area contributed by atoms with Gasteiger partial charge in [0.2, 0.25) is 22.7 Å². The molecule has 200 valence electrons. The summed E-state index contributed by atoms with van der Waals surface area (Å²) >= 11 is 3.60. The molecular formula is C20H20FN8O6S3+. The number of aliphatic carboxylic acids is 1. The Morgan fingerprint density at radius 1 is 1.42 bits per heavy atom. The number of aromatic nitrogens is 4. The lowest BCUT2D eigenvalue weighted by atomic mass is 10.0. The third kappa shape index (κ3) is 4.70. The van der Waals surface area contributed by atoms with E-state index in [0.717, 1.165) is 27.0 Å². The fourth-order valence-electron chi connectivity index (χ4n) is 4.15. The maximum absolute atomic E-state index is 13.0.